The maximum atomic E-state index is 13.9. The minimum atomic E-state index is -0.440. The smallest absolute Gasteiger partial charge is 0.220 e. The fourth-order valence-corrected chi connectivity index (χ4v) is 2.94. The molecule has 3 nitrogen and oxygen atoms in total. The predicted octanol–water partition coefficient (Wildman–Crippen LogP) is 2.21. The van der Waals surface area contributed by atoms with Crippen molar-refractivity contribution in [3.8, 4) is 0 Å². The molecule has 2 fully saturated rings. The molecule has 108 valence electrons. The van der Waals surface area contributed by atoms with Crippen LogP contribution < -0.4 is 10.6 Å². The van der Waals surface area contributed by atoms with Crippen LogP contribution in [0.3, 0.4) is 0 Å². The van der Waals surface area contributed by atoms with Crippen molar-refractivity contribution in [3.05, 3.63) is 35.4 Å². The van der Waals surface area contributed by atoms with Crippen LogP contribution >= 0.6 is 0 Å². The molecule has 5 heteroatoms. The van der Waals surface area contributed by atoms with Crippen LogP contribution in [0.15, 0.2) is 18.2 Å². The second-order valence-corrected chi connectivity index (χ2v) is 5.72. The molecule has 1 unspecified atom stereocenters. The molecule has 2 aliphatic rings. The first-order chi connectivity index (χ1) is 9.59. The Morgan fingerprint density at radius 3 is 2.80 bits per heavy atom. The number of rotatable bonds is 3. The van der Waals surface area contributed by atoms with Crippen LogP contribution in [0.4, 0.5) is 8.78 Å². The van der Waals surface area contributed by atoms with Crippen molar-refractivity contribution in [2.75, 3.05) is 6.54 Å². The number of hydrogen-bond acceptors (Lipinski definition) is 2. The second-order valence-electron chi connectivity index (χ2n) is 5.72. The summed E-state index contributed by atoms with van der Waals surface area (Å²) in [4.78, 5) is 11.3. The molecule has 1 amide bonds. The highest BCUT2D eigenvalue weighted by Gasteiger charge is 2.47. The minimum Gasteiger partial charge on any atom is -0.356 e. The maximum Gasteiger partial charge on any atom is 0.220 e. The van der Waals surface area contributed by atoms with Crippen LogP contribution in [0, 0.1) is 11.6 Å². The zero-order chi connectivity index (χ0) is 14.2. The monoisotopic (exact) mass is 280 g/mol. The van der Waals surface area contributed by atoms with E-state index in [1.165, 1.54) is 12.1 Å². The first-order valence-corrected chi connectivity index (χ1v) is 7.09. The van der Waals surface area contributed by atoms with Gasteiger partial charge in [0.05, 0.1) is 0 Å². The van der Waals surface area contributed by atoms with Gasteiger partial charge in [0.1, 0.15) is 11.6 Å². The van der Waals surface area contributed by atoms with Crippen LogP contribution in [-0.2, 0) is 10.3 Å². The lowest BCUT2D eigenvalue weighted by molar-refractivity contribution is -0.120. The Morgan fingerprint density at radius 1 is 1.25 bits per heavy atom. The lowest BCUT2D eigenvalue weighted by Gasteiger charge is -2.25. The molecule has 1 aromatic rings. The number of benzene rings is 1. The van der Waals surface area contributed by atoms with Gasteiger partial charge in [-0.15, -0.1) is 0 Å². The number of halogens is 2. The lowest BCUT2D eigenvalue weighted by Crippen LogP contribution is -2.39. The first kappa shape index (κ1) is 13.5. The minimum absolute atomic E-state index is 0.0658. The highest BCUT2D eigenvalue weighted by molar-refractivity contribution is 5.76. The molecule has 0 spiro atoms. The summed E-state index contributed by atoms with van der Waals surface area (Å²) in [5.41, 5.74) is -0.0226. The average Bonchev–Trinajstić information content (AvgIpc) is 3.21. The van der Waals surface area contributed by atoms with Crippen molar-refractivity contribution in [2.24, 2.45) is 0 Å². The zero-order valence-electron chi connectivity index (χ0n) is 11.2. The Labute approximate surface area is 116 Å². The standard InChI is InChI=1S/C15H18F2N2O/c16-10-1-3-13(17)12(9-10)15(6-7-15)19-11-2-4-14(20)18-8-5-11/h1,3,9,11,19H,2,4-8H2,(H,18,20). The normalized spacial score (nSPS) is 24.9. The Balaban J connectivity index is 1.76. The maximum absolute atomic E-state index is 13.9. The van der Waals surface area contributed by atoms with Crippen LogP contribution in [-0.4, -0.2) is 18.5 Å². The van der Waals surface area contributed by atoms with E-state index in [2.05, 4.69) is 10.6 Å². The largest absolute Gasteiger partial charge is 0.356 e. The summed E-state index contributed by atoms with van der Waals surface area (Å²) in [6.45, 7) is 0.637. The summed E-state index contributed by atoms with van der Waals surface area (Å²) in [7, 11) is 0. The molecule has 1 aliphatic carbocycles. The summed E-state index contributed by atoms with van der Waals surface area (Å²) in [6.07, 6.45) is 3.67. The fourth-order valence-electron chi connectivity index (χ4n) is 2.94. The van der Waals surface area contributed by atoms with E-state index in [1.54, 1.807) is 0 Å². The van der Waals surface area contributed by atoms with Crippen molar-refractivity contribution in [1.29, 1.82) is 0 Å². The molecule has 1 aromatic carbocycles. The molecule has 1 atom stereocenters. The molecular formula is C15H18F2N2O. The van der Waals surface area contributed by atoms with E-state index < -0.39 is 11.4 Å². The molecule has 0 radical (unpaired) electrons. The highest BCUT2D eigenvalue weighted by atomic mass is 19.1. The SMILES string of the molecule is O=C1CCC(NC2(c3cc(F)ccc3F)CC2)CCN1. The van der Waals surface area contributed by atoms with Crippen LogP contribution in [0.2, 0.25) is 0 Å². The summed E-state index contributed by atoms with van der Waals surface area (Å²) >= 11 is 0. The van der Waals surface area contributed by atoms with Crippen LogP contribution in [0.5, 0.6) is 0 Å². The van der Waals surface area contributed by atoms with Gasteiger partial charge in [-0.3, -0.25) is 4.79 Å². The van der Waals surface area contributed by atoms with Gasteiger partial charge in [0.2, 0.25) is 5.91 Å². The number of amides is 1. The van der Waals surface area contributed by atoms with E-state index >= 15 is 0 Å². The van der Waals surface area contributed by atoms with Crippen molar-refractivity contribution < 1.29 is 13.6 Å². The van der Waals surface area contributed by atoms with Gasteiger partial charge in [-0.05, 0) is 43.9 Å². The van der Waals surface area contributed by atoms with Gasteiger partial charge >= 0.3 is 0 Å². The Bertz CT molecular complexity index is 529. The molecule has 1 aliphatic heterocycles. The molecule has 2 N–H and O–H groups in total. The third kappa shape index (κ3) is 2.68. The summed E-state index contributed by atoms with van der Waals surface area (Å²) in [6, 6.07) is 3.78. The van der Waals surface area contributed by atoms with Gasteiger partial charge in [-0.2, -0.15) is 0 Å². The van der Waals surface area contributed by atoms with E-state index in [4.69, 9.17) is 0 Å². The Morgan fingerprint density at radius 2 is 2.05 bits per heavy atom. The van der Waals surface area contributed by atoms with Crippen LogP contribution in [0.25, 0.3) is 0 Å². The Hall–Kier alpha value is -1.49. The van der Waals surface area contributed by atoms with E-state index in [0.29, 0.717) is 18.5 Å². The number of nitrogens with one attached hydrogen (secondary N) is 2. The fraction of sp³-hybridized carbons (Fsp3) is 0.533. The van der Waals surface area contributed by atoms with Crippen LogP contribution in [0.1, 0.15) is 37.7 Å². The van der Waals surface area contributed by atoms with E-state index in [1.807, 2.05) is 0 Å². The number of hydrogen-bond donors (Lipinski definition) is 2. The summed E-state index contributed by atoms with van der Waals surface area (Å²) < 4.78 is 27.3. The molecule has 3 rings (SSSR count). The molecular weight excluding hydrogens is 262 g/mol. The van der Waals surface area contributed by atoms with Crippen molar-refractivity contribution in [1.82, 2.24) is 10.6 Å². The topological polar surface area (TPSA) is 41.1 Å². The van der Waals surface area contributed by atoms with Gasteiger partial charge in [0.25, 0.3) is 0 Å². The van der Waals surface area contributed by atoms with Gasteiger partial charge in [-0.25, -0.2) is 8.78 Å². The molecule has 0 bridgehead atoms. The quantitative estimate of drug-likeness (QED) is 0.891. The first-order valence-electron chi connectivity index (χ1n) is 7.09. The van der Waals surface area contributed by atoms with Crippen molar-refractivity contribution in [2.45, 2.75) is 43.7 Å². The third-order valence-corrected chi connectivity index (χ3v) is 4.21. The predicted molar refractivity (Wildman–Crippen MR) is 71.1 cm³/mol. The molecule has 20 heavy (non-hydrogen) atoms. The third-order valence-electron chi connectivity index (χ3n) is 4.21. The average molecular weight is 280 g/mol. The van der Waals surface area contributed by atoms with E-state index in [0.717, 1.165) is 31.7 Å². The molecule has 0 aromatic heterocycles. The lowest BCUT2D eigenvalue weighted by atomic mass is 10.0. The van der Waals surface area contributed by atoms with E-state index in [9.17, 15) is 13.6 Å². The molecule has 1 heterocycles. The van der Waals surface area contributed by atoms with Crippen molar-refractivity contribution >= 4 is 5.91 Å². The molecule has 1 saturated heterocycles. The van der Waals surface area contributed by atoms with Gasteiger partial charge in [0, 0.05) is 30.1 Å². The summed E-state index contributed by atoms with van der Waals surface area (Å²) in [5, 5.41) is 6.28. The summed E-state index contributed by atoms with van der Waals surface area (Å²) in [5.74, 6) is -0.706. The number of carbonyl (C=O) groups is 1. The van der Waals surface area contributed by atoms with Gasteiger partial charge in [-0.1, -0.05) is 0 Å². The highest BCUT2D eigenvalue weighted by Crippen LogP contribution is 2.47. The molecule has 1 saturated carbocycles. The number of carbonyl (C=O) groups excluding carboxylic acids is 1. The Kier molecular flexibility index (Phi) is 3.46. The van der Waals surface area contributed by atoms with Gasteiger partial charge < -0.3 is 10.6 Å². The van der Waals surface area contributed by atoms with Gasteiger partial charge in [0.15, 0.2) is 0 Å². The zero-order valence-corrected chi connectivity index (χ0v) is 11.2. The van der Waals surface area contributed by atoms with E-state index in [-0.39, 0.29) is 17.8 Å². The second kappa shape index (κ2) is 5.13. The van der Waals surface area contributed by atoms with Crippen molar-refractivity contribution in [3.63, 3.8) is 0 Å².